The maximum atomic E-state index is 12.7. The number of hydrogen-bond acceptors (Lipinski definition) is 4. The van der Waals surface area contributed by atoms with Crippen molar-refractivity contribution in [3.05, 3.63) is 54.1 Å². The number of para-hydroxylation sites is 1. The van der Waals surface area contributed by atoms with Gasteiger partial charge >= 0.3 is 6.18 Å². The van der Waals surface area contributed by atoms with Crippen molar-refractivity contribution < 1.29 is 26.4 Å². The number of carbonyl (C=O) groups is 1. The van der Waals surface area contributed by atoms with E-state index in [-0.39, 0.29) is 11.3 Å². The molecule has 3 rings (SSSR count). The lowest BCUT2D eigenvalue weighted by atomic mass is 10.1. The van der Waals surface area contributed by atoms with Crippen molar-refractivity contribution in [1.82, 2.24) is 4.31 Å². The summed E-state index contributed by atoms with van der Waals surface area (Å²) in [5, 5.41) is 2.64. The second-order valence-corrected chi connectivity index (χ2v) is 10.2. The smallest absolute Gasteiger partial charge is 0.325 e. The minimum Gasteiger partial charge on any atom is -0.325 e. The average molecular weight is 473 g/mol. The van der Waals surface area contributed by atoms with Crippen molar-refractivity contribution in [3.63, 3.8) is 0 Å². The molecule has 2 aromatic rings. The predicted molar refractivity (Wildman–Crippen MR) is 115 cm³/mol. The molecule has 1 amide bonds. The SMILES string of the molecule is O=C(Cc1ccc(S(=O)(=O)N2CCCCC2)cc1)Nc1ccccc1SCC(F)(F)F. The topological polar surface area (TPSA) is 66.5 Å². The highest BCUT2D eigenvalue weighted by Gasteiger charge is 2.28. The predicted octanol–water partition coefficient (Wildman–Crippen LogP) is 4.70. The zero-order valence-corrected chi connectivity index (χ0v) is 18.3. The Morgan fingerprint density at radius 3 is 2.29 bits per heavy atom. The van der Waals surface area contributed by atoms with Crippen molar-refractivity contribution in [1.29, 1.82) is 0 Å². The first kappa shape index (κ1) is 23.6. The van der Waals surface area contributed by atoms with Gasteiger partial charge in [-0.2, -0.15) is 17.5 Å². The van der Waals surface area contributed by atoms with Crippen molar-refractivity contribution in [2.24, 2.45) is 0 Å². The Kier molecular flexibility index (Phi) is 7.66. The number of alkyl halides is 3. The van der Waals surface area contributed by atoms with Crippen LogP contribution < -0.4 is 5.32 Å². The molecule has 0 aromatic heterocycles. The van der Waals surface area contributed by atoms with Gasteiger partial charge in [-0.05, 0) is 42.7 Å². The van der Waals surface area contributed by atoms with Crippen LogP contribution in [0, 0.1) is 0 Å². The van der Waals surface area contributed by atoms with Crippen LogP contribution in [-0.2, 0) is 21.2 Å². The van der Waals surface area contributed by atoms with E-state index >= 15 is 0 Å². The second kappa shape index (κ2) is 10.1. The third kappa shape index (κ3) is 6.72. The zero-order chi connectivity index (χ0) is 22.5. The third-order valence-electron chi connectivity index (χ3n) is 4.79. The first-order chi connectivity index (χ1) is 14.6. The van der Waals surface area contributed by atoms with Crippen LogP contribution in [0.2, 0.25) is 0 Å². The van der Waals surface area contributed by atoms with Crippen LogP contribution in [0.15, 0.2) is 58.3 Å². The lowest BCUT2D eigenvalue weighted by Gasteiger charge is -2.25. The van der Waals surface area contributed by atoms with Crippen molar-refractivity contribution in [2.75, 3.05) is 24.2 Å². The van der Waals surface area contributed by atoms with Crippen LogP contribution in [0.3, 0.4) is 0 Å². The number of carbonyl (C=O) groups excluding carboxylic acids is 1. The summed E-state index contributed by atoms with van der Waals surface area (Å²) >= 11 is 0.609. The quantitative estimate of drug-likeness (QED) is 0.594. The molecule has 0 saturated carbocycles. The van der Waals surface area contributed by atoms with Gasteiger partial charge in [-0.3, -0.25) is 4.79 Å². The molecule has 168 valence electrons. The number of rotatable bonds is 7. The summed E-state index contributed by atoms with van der Waals surface area (Å²) in [4.78, 5) is 12.9. The van der Waals surface area contributed by atoms with Crippen molar-refractivity contribution in [2.45, 2.75) is 41.7 Å². The molecule has 1 fully saturated rings. The molecule has 1 aliphatic rings. The van der Waals surface area contributed by atoms with Gasteiger partial charge in [0.1, 0.15) is 0 Å². The van der Waals surface area contributed by atoms with Crippen LogP contribution in [0.4, 0.5) is 18.9 Å². The summed E-state index contributed by atoms with van der Waals surface area (Å²) in [5.74, 6) is -1.45. The molecule has 1 saturated heterocycles. The first-order valence-corrected chi connectivity index (χ1v) is 12.3. The number of piperidine rings is 1. The number of thioether (sulfide) groups is 1. The molecule has 0 atom stereocenters. The Bertz CT molecular complexity index is 1000. The van der Waals surface area contributed by atoms with E-state index < -0.39 is 27.9 Å². The van der Waals surface area contributed by atoms with E-state index in [0.29, 0.717) is 41.0 Å². The number of anilines is 1. The summed E-state index contributed by atoms with van der Waals surface area (Å²) in [6, 6.07) is 12.4. The van der Waals surface area contributed by atoms with Gasteiger partial charge < -0.3 is 5.32 Å². The molecule has 0 unspecified atom stereocenters. The lowest BCUT2D eigenvalue weighted by Crippen LogP contribution is -2.35. The molecule has 31 heavy (non-hydrogen) atoms. The summed E-state index contributed by atoms with van der Waals surface area (Å²) in [6.45, 7) is 1.02. The Morgan fingerprint density at radius 2 is 1.65 bits per heavy atom. The molecular formula is C21H23F3N2O3S2. The maximum absolute atomic E-state index is 12.7. The second-order valence-electron chi connectivity index (χ2n) is 7.23. The van der Waals surface area contributed by atoms with Crippen LogP contribution in [0.25, 0.3) is 0 Å². The van der Waals surface area contributed by atoms with Crippen molar-refractivity contribution >= 4 is 33.4 Å². The molecule has 1 aliphatic heterocycles. The summed E-state index contributed by atoms with van der Waals surface area (Å²) in [7, 11) is -3.54. The zero-order valence-electron chi connectivity index (χ0n) is 16.7. The first-order valence-electron chi connectivity index (χ1n) is 9.83. The van der Waals surface area contributed by atoms with Crippen LogP contribution in [-0.4, -0.2) is 43.6 Å². The molecule has 10 heteroatoms. The minimum atomic E-state index is -4.31. The van der Waals surface area contributed by atoms with Gasteiger partial charge in [0.2, 0.25) is 15.9 Å². The highest BCUT2D eigenvalue weighted by Crippen LogP contribution is 2.32. The molecule has 0 spiro atoms. The monoisotopic (exact) mass is 472 g/mol. The standard InChI is InChI=1S/C21H23F3N2O3S2/c22-21(23,24)15-30-19-7-3-2-6-18(19)25-20(27)14-16-8-10-17(11-9-16)31(28,29)26-12-4-1-5-13-26/h2-3,6-11H,1,4-5,12-15H2,(H,25,27). The normalized spacial score (nSPS) is 15.6. The minimum absolute atomic E-state index is 0.0255. The third-order valence-corrected chi connectivity index (χ3v) is 7.84. The summed E-state index contributed by atoms with van der Waals surface area (Å²) in [5.41, 5.74) is 0.918. The van der Waals surface area contributed by atoms with E-state index in [9.17, 15) is 26.4 Å². The van der Waals surface area contributed by atoms with E-state index in [1.54, 1.807) is 30.3 Å². The van der Waals surface area contributed by atoms with Gasteiger partial charge in [0.25, 0.3) is 0 Å². The molecule has 0 bridgehead atoms. The fraction of sp³-hybridized carbons (Fsp3) is 0.381. The highest BCUT2D eigenvalue weighted by atomic mass is 32.2. The fourth-order valence-corrected chi connectivity index (χ4v) is 5.55. The largest absolute Gasteiger partial charge is 0.398 e. The molecule has 0 aliphatic carbocycles. The van der Waals surface area contributed by atoms with Gasteiger partial charge in [0.15, 0.2) is 0 Å². The van der Waals surface area contributed by atoms with Gasteiger partial charge in [0, 0.05) is 18.0 Å². The van der Waals surface area contributed by atoms with Gasteiger partial charge in [0.05, 0.1) is 22.8 Å². The number of sulfonamides is 1. The Balaban J connectivity index is 1.63. The van der Waals surface area contributed by atoms with E-state index in [1.165, 1.54) is 22.5 Å². The molecule has 0 radical (unpaired) electrons. The van der Waals surface area contributed by atoms with Gasteiger partial charge in [-0.15, -0.1) is 11.8 Å². The highest BCUT2D eigenvalue weighted by molar-refractivity contribution is 7.99. The number of hydrogen-bond donors (Lipinski definition) is 1. The number of nitrogens with zero attached hydrogens (tertiary/aromatic N) is 1. The number of nitrogens with one attached hydrogen (secondary N) is 1. The van der Waals surface area contributed by atoms with Crippen LogP contribution >= 0.6 is 11.8 Å². The van der Waals surface area contributed by atoms with Gasteiger partial charge in [-0.1, -0.05) is 30.7 Å². The van der Waals surface area contributed by atoms with E-state index in [4.69, 9.17) is 0 Å². The average Bonchev–Trinajstić information content (AvgIpc) is 2.73. The molecule has 1 heterocycles. The lowest BCUT2D eigenvalue weighted by molar-refractivity contribution is -0.115. The summed E-state index contributed by atoms with van der Waals surface area (Å²) < 4.78 is 64.4. The van der Waals surface area contributed by atoms with Crippen LogP contribution in [0.1, 0.15) is 24.8 Å². The number of halogens is 3. The molecule has 5 nitrogen and oxygen atoms in total. The maximum Gasteiger partial charge on any atom is 0.398 e. The van der Waals surface area contributed by atoms with E-state index in [0.717, 1.165) is 19.3 Å². The van der Waals surface area contributed by atoms with E-state index in [1.807, 2.05) is 0 Å². The van der Waals surface area contributed by atoms with Crippen LogP contribution in [0.5, 0.6) is 0 Å². The van der Waals surface area contributed by atoms with E-state index in [2.05, 4.69) is 5.32 Å². The number of amides is 1. The van der Waals surface area contributed by atoms with Crippen molar-refractivity contribution in [3.8, 4) is 0 Å². The van der Waals surface area contributed by atoms with Gasteiger partial charge in [-0.25, -0.2) is 8.42 Å². The Labute approximate surface area is 184 Å². The Morgan fingerprint density at radius 1 is 1.00 bits per heavy atom. The molecular weight excluding hydrogens is 449 g/mol. The molecule has 2 aromatic carbocycles. The fourth-order valence-electron chi connectivity index (χ4n) is 3.27. The summed E-state index contributed by atoms with van der Waals surface area (Å²) in [6.07, 6.45) is -1.61. The Hall–Kier alpha value is -2.04. The number of benzene rings is 2. The molecule has 1 N–H and O–H groups in total.